The van der Waals surface area contributed by atoms with Gasteiger partial charge in [0, 0.05) is 17.1 Å². The highest BCUT2D eigenvalue weighted by Crippen LogP contribution is 2.22. The Balaban J connectivity index is 1.75. The number of unbranched alkanes of at least 4 members (excludes halogenated alkanes) is 7. The number of hydrogen-bond donors (Lipinski definition) is 2. The summed E-state index contributed by atoms with van der Waals surface area (Å²) < 4.78 is 0. The molecule has 2 amide bonds. The first-order valence-corrected chi connectivity index (χ1v) is 12.4. The quantitative estimate of drug-likeness (QED) is 0.172. The molecule has 0 aromatic heterocycles. The fraction of sp³-hybridized carbons (Fsp3) is 0.423. The van der Waals surface area contributed by atoms with E-state index in [4.69, 9.17) is 23.2 Å². The Bertz CT molecular complexity index is 943. The van der Waals surface area contributed by atoms with Gasteiger partial charge in [-0.25, -0.2) is 5.43 Å². The number of hydrazone groups is 1. The van der Waals surface area contributed by atoms with E-state index in [0.29, 0.717) is 33.4 Å². The molecule has 2 aromatic rings. The lowest BCUT2D eigenvalue weighted by atomic mass is 10.1. The number of nitrogens with one attached hydrogen (secondary N) is 2. The van der Waals surface area contributed by atoms with Crippen LogP contribution in [0.1, 0.15) is 87.6 Å². The van der Waals surface area contributed by atoms with Gasteiger partial charge in [0.2, 0.25) is 5.91 Å². The van der Waals surface area contributed by atoms with E-state index < -0.39 is 0 Å². The summed E-state index contributed by atoms with van der Waals surface area (Å²) in [6, 6.07) is 12.0. The number of carbonyl (C=O) groups excluding carboxylic acids is 2. The maximum absolute atomic E-state index is 12.4. The van der Waals surface area contributed by atoms with Crippen LogP contribution in [0.15, 0.2) is 47.6 Å². The van der Waals surface area contributed by atoms with Crippen molar-refractivity contribution in [2.75, 3.05) is 5.32 Å². The number of anilines is 1. The number of amides is 2. The summed E-state index contributed by atoms with van der Waals surface area (Å²) in [5.74, 6) is -0.382. The summed E-state index contributed by atoms with van der Waals surface area (Å²) in [6.45, 7) is 4.05. The van der Waals surface area contributed by atoms with Gasteiger partial charge in [-0.3, -0.25) is 9.59 Å². The number of carbonyl (C=O) groups is 2. The highest BCUT2D eigenvalue weighted by atomic mass is 35.5. The predicted molar refractivity (Wildman–Crippen MR) is 138 cm³/mol. The van der Waals surface area contributed by atoms with Gasteiger partial charge in [0.05, 0.1) is 16.3 Å². The Morgan fingerprint density at radius 1 is 0.879 bits per heavy atom. The second-order valence-electron chi connectivity index (χ2n) is 8.11. The van der Waals surface area contributed by atoms with Gasteiger partial charge in [-0.05, 0) is 49.2 Å². The van der Waals surface area contributed by atoms with Gasteiger partial charge >= 0.3 is 0 Å². The van der Waals surface area contributed by atoms with Gasteiger partial charge in [-0.2, -0.15) is 5.10 Å². The first-order chi connectivity index (χ1) is 15.9. The largest absolute Gasteiger partial charge is 0.322 e. The van der Waals surface area contributed by atoms with E-state index >= 15 is 0 Å². The van der Waals surface area contributed by atoms with Gasteiger partial charge < -0.3 is 5.32 Å². The van der Waals surface area contributed by atoms with E-state index in [0.717, 1.165) is 18.4 Å². The third-order valence-corrected chi connectivity index (χ3v) is 5.89. The fourth-order valence-corrected chi connectivity index (χ4v) is 3.85. The van der Waals surface area contributed by atoms with Gasteiger partial charge in [0.1, 0.15) is 0 Å². The Labute approximate surface area is 206 Å². The topological polar surface area (TPSA) is 70.6 Å². The average Bonchev–Trinajstić information content (AvgIpc) is 2.79. The Morgan fingerprint density at radius 3 is 2.15 bits per heavy atom. The van der Waals surface area contributed by atoms with E-state index in [1.807, 2.05) is 19.1 Å². The van der Waals surface area contributed by atoms with Crippen molar-refractivity contribution < 1.29 is 9.59 Å². The SMILES string of the molecule is CCCCCCCCCCC(=O)N/N=C(\C)c1ccc(NC(=O)c2ccc(Cl)cc2Cl)cc1. The lowest BCUT2D eigenvalue weighted by molar-refractivity contribution is -0.121. The molecule has 2 aromatic carbocycles. The van der Waals surface area contributed by atoms with Crippen LogP contribution in [0.2, 0.25) is 10.0 Å². The molecule has 0 aliphatic rings. The third-order valence-electron chi connectivity index (χ3n) is 5.34. The molecule has 0 saturated heterocycles. The number of halogens is 2. The van der Waals surface area contributed by atoms with Crippen LogP contribution >= 0.6 is 23.2 Å². The summed E-state index contributed by atoms with van der Waals surface area (Å²) in [4.78, 5) is 24.4. The van der Waals surface area contributed by atoms with Crippen LogP contribution in [0.3, 0.4) is 0 Å². The van der Waals surface area contributed by atoms with E-state index in [-0.39, 0.29) is 11.8 Å². The molecule has 7 heteroatoms. The van der Waals surface area contributed by atoms with Crippen LogP contribution in [0, 0.1) is 0 Å². The third kappa shape index (κ3) is 9.97. The van der Waals surface area contributed by atoms with Crippen LogP contribution in [0.4, 0.5) is 5.69 Å². The standard InChI is InChI=1S/C26H33Cl2N3O2/c1-3-4-5-6-7-8-9-10-11-25(32)31-30-19(2)20-12-15-22(16-13-20)29-26(33)23-17-14-21(27)18-24(23)28/h12-18H,3-11H2,1-2H3,(H,29,33)(H,31,32)/b30-19+. The summed E-state index contributed by atoms with van der Waals surface area (Å²) in [7, 11) is 0. The molecule has 0 aliphatic carbocycles. The molecule has 0 atom stereocenters. The first kappa shape index (κ1) is 26.9. The van der Waals surface area contributed by atoms with Crippen molar-refractivity contribution in [1.82, 2.24) is 5.43 Å². The van der Waals surface area contributed by atoms with Gasteiger partial charge in [0.25, 0.3) is 5.91 Å². The van der Waals surface area contributed by atoms with Gasteiger partial charge in [-0.15, -0.1) is 0 Å². The summed E-state index contributed by atoms with van der Waals surface area (Å²) in [6.07, 6.45) is 10.1. The maximum atomic E-state index is 12.4. The lowest BCUT2D eigenvalue weighted by Crippen LogP contribution is -2.18. The molecular weight excluding hydrogens is 457 g/mol. The van der Waals surface area contributed by atoms with Gasteiger partial charge in [-0.1, -0.05) is 87.2 Å². The van der Waals surface area contributed by atoms with Crippen molar-refractivity contribution in [3.8, 4) is 0 Å². The second kappa shape index (κ2) is 14.7. The fourth-order valence-electron chi connectivity index (χ4n) is 3.35. The first-order valence-electron chi connectivity index (χ1n) is 11.6. The van der Waals surface area contributed by atoms with Crippen molar-refractivity contribution >= 4 is 46.4 Å². The van der Waals surface area contributed by atoms with Crippen LogP contribution < -0.4 is 10.7 Å². The van der Waals surface area contributed by atoms with Crippen LogP contribution in [-0.4, -0.2) is 17.5 Å². The van der Waals surface area contributed by atoms with E-state index in [1.165, 1.54) is 44.6 Å². The van der Waals surface area contributed by atoms with Crippen molar-refractivity contribution in [1.29, 1.82) is 0 Å². The van der Waals surface area contributed by atoms with E-state index in [1.54, 1.807) is 24.3 Å². The number of rotatable bonds is 13. The molecule has 0 spiro atoms. The maximum Gasteiger partial charge on any atom is 0.257 e. The Kier molecular flexibility index (Phi) is 12.0. The molecule has 0 unspecified atom stereocenters. The van der Waals surface area contributed by atoms with Gasteiger partial charge in [0.15, 0.2) is 0 Å². The Morgan fingerprint density at radius 2 is 1.52 bits per heavy atom. The monoisotopic (exact) mass is 489 g/mol. The molecule has 0 radical (unpaired) electrons. The molecule has 0 saturated carbocycles. The lowest BCUT2D eigenvalue weighted by Gasteiger charge is -2.08. The highest BCUT2D eigenvalue weighted by molar-refractivity contribution is 6.37. The molecular formula is C26H33Cl2N3O2. The molecule has 178 valence electrons. The summed E-state index contributed by atoms with van der Waals surface area (Å²) in [5.41, 5.74) is 5.15. The Hall–Kier alpha value is -2.37. The minimum atomic E-state index is -0.317. The van der Waals surface area contributed by atoms with E-state index in [2.05, 4.69) is 22.8 Å². The minimum absolute atomic E-state index is 0.0657. The van der Waals surface area contributed by atoms with E-state index in [9.17, 15) is 9.59 Å². The predicted octanol–water partition coefficient (Wildman–Crippen LogP) is 7.62. The van der Waals surface area contributed by atoms with Crippen LogP contribution in [-0.2, 0) is 4.79 Å². The van der Waals surface area contributed by atoms with Crippen molar-refractivity contribution in [2.24, 2.45) is 5.10 Å². The molecule has 5 nitrogen and oxygen atoms in total. The van der Waals surface area contributed by atoms with Crippen molar-refractivity contribution in [3.05, 3.63) is 63.6 Å². The number of nitrogens with zero attached hydrogens (tertiary/aromatic N) is 1. The minimum Gasteiger partial charge on any atom is -0.322 e. The summed E-state index contributed by atoms with van der Waals surface area (Å²) >= 11 is 12.0. The molecule has 2 N–H and O–H groups in total. The molecule has 0 heterocycles. The molecule has 0 fully saturated rings. The zero-order valence-corrected chi connectivity index (χ0v) is 20.9. The molecule has 33 heavy (non-hydrogen) atoms. The van der Waals surface area contributed by atoms with Crippen LogP contribution in [0.25, 0.3) is 0 Å². The molecule has 0 aliphatic heterocycles. The average molecular weight is 490 g/mol. The number of benzene rings is 2. The molecule has 0 bridgehead atoms. The second-order valence-corrected chi connectivity index (χ2v) is 8.96. The summed E-state index contributed by atoms with van der Waals surface area (Å²) in [5, 5.41) is 7.77. The number of hydrogen-bond acceptors (Lipinski definition) is 3. The zero-order valence-electron chi connectivity index (χ0n) is 19.4. The van der Waals surface area contributed by atoms with Crippen molar-refractivity contribution in [2.45, 2.75) is 71.6 Å². The smallest absolute Gasteiger partial charge is 0.257 e. The molecule has 2 rings (SSSR count). The van der Waals surface area contributed by atoms with Crippen molar-refractivity contribution in [3.63, 3.8) is 0 Å². The zero-order chi connectivity index (χ0) is 24.1. The normalized spacial score (nSPS) is 11.3. The van der Waals surface area contributed by atoms with Crippen LogP contribution in [0.5, 0.6) is 0 Å². The highest BCUT2D eigenvalue weighted by Gasteiger charge is 2.11.